The van der Waals surface area contributed by atoms with Crippen LogP contribution in [0.15, 0.2) is 30.5 Å². The van der Waals surface area contributed by atoms with E-state index < -0.39 is 29.5 Å². The molecule has 0 unspecified atom stereocenters. The van der Waals surface area contributed by atoms with Crippen LogP contribution in [0.2, 0.25) is 0 Å². The van der Waals surface area contributed by atoms with Gasteiger partial charge in [0.05, 0.1) is 18.5 Å². The Morgan fingerprint density at radius 2 is 2.14 bits per heavy atom. The summed E-state index contributed by atoms with van der Waals surface area (Å²) in [6, 6.07) is 5.67. The van der Waals surface area contributed by atoms with Gasteiger partial charge in [-0.2, -0.15) is 10.1 Å². The van der Waals surface area contributed by atoms with Crippen LogP contribution >= 0.6 is 0 Å². The van der Waals surface area contributed by atoms with Crippen molar-refractivity contribution in [3.63, 3.8) is 0 Å². The number of benzene rings is 1. The lowest BCUT2D eigenvalue weighted by molar-refractivity contribution is -0.137. The van der Waals surface area contributed by atoms with Gasteiger partial charge in [-0.3, -0.25) is 4.79 Å². The number of hydrogen-bond acceptors (Lipinski definition) is 8. The van der Waals surface area contributed by atoms with Crippen LogP contribution in [0.4, 0.5) is 8.78 Å². The molecule has 0 amide bonds. The Balaban J connectivity index is 1.75. The van der Waals surface area contributed by atoms with Crippen LogP contribution < -0.4 is 10.5 Å². The lowest BCUT2D eigenvalue weighted by Gasteiger charge is -2.07. The molecule has 0 aliphatic carbocycles. The van der Waals surface area contributed by atoms with E-state index >= 15 is 0 Å². The number of nitriles is 1. The van der Waals surface area contributed by atoms with Crippen LogP contribution in [0.3, 0.4) is 0 Å². The van der Waals surface area contributed by atoms with Gasteiger partial charge < -0.3 is 15.6 Å². The van der Waals surface area contributed by atoms with E-state index in [1.165, 1.54) is 12.1 Å². The molecule has 148 valence electrons. The van der Waals surface area contributed by atoms with Gasteiger partial charge in [0.15, 0.2) is 17.4 Å². The van der Waals surface area contributed by atoms with Crippen molar-refractivity contribution in [3.8, 4) is 29.1 Å². The Bertz CT molecular complexity index is 1100. The predicted octanol–water partition coefficient (Wildman–Crippen LogP) is 1.48. The number of pyridine rings is 1. The summed E-state index contributed by atoms with van der Waals surface area (Å²) in [5, 5.41) is 29.0. The quantitative estimate of drug-likeness (QED) is 0.599. The first-order valence-corrected chi connectivity index (χ1v) is 8.14. The third-order valence-corrected chi connectivity index (χ3v) is 3.62. The Morgan fingerprint density at radius 3 is 2.79 bits per heavy atom. The summed E-state index contributed by atoms with van der Waals surface area (Å²) in [7, 11) is 0. The van der Waals surface area contributed by atoms with Gasteiger partial charge in [0, 0.05) is 17.8 Å². The van der Waals surface area contributed by atoms with Gasteiger partial charge >= 0.3 is 5.97 Å². The highest BCUT2D eigenvalue weighted by Crippen LogP contribution is 2.28. The van der Waals surface area contributed by atoms with Gasteiger partial charge in [-0.05, 0) is 29.5 Å². The van der Waals surface area contributed by atoms with Crippen LogP contribution in [-0.2, 0) is 11.3 Å². The number of tetrazole rings is 1. The topological polar surface area (TPSA) is 153 Å². The monoisotopic (exact) mass is 401 g/mol. The van der Waals surface area contributed by atoms with Gasteiger partial charge in [0.2, 0.25) is 5.82 Å². The van der Waals surface area contributed by atoms with Crippen molar-refractivity contribution in [1.82, 2.24) is 25.2 Å². The minimum atomic E-state index is -1.05. The number of carboxylic acids is 1. The first-order valence-electron chi connectivity index (χ1n) is 8.14. The molecule has 12 heteroatoms. The smallest absolute Gasteiger partial charge is 0.304 e. The maximum atomic E-state index is 14.4. The molecule has 0 fully saturated rings. The zero-order valence-corrected chi connectivity index (χ0v) is 14.7. The minimum Gasteiger partial charge on any atom is -0.481 e. The molecule has 0 radical (unpaired) electrons. The number of aliphatic carboxylic acids is 1. The summed E-state index contributed by atoms with van der Waals surface area (Å²) in [5.41, 5.74) is 5.93. The Kier molecular flexibility index (Phi) is 5.70. The molecule has 0 aliphatic rings. The van der Waals surface area contributed by atoms with E-state index in [1.54, 1.807) is 6.07 Å². The molecule has 1 aromatic carbocycles. The first-order chi connectivity index (χ1) is 13.9. The summed E-state index contributed by atoms with van der Waals surface area (Å²) in [6.45, 7) is 0.0205. The fourth-order valence-corrected chi connectivity index (χ4v) is 2.32. The molecule has 10 nitrogen and oxygen atoms in total. The summed E-state index contributed by atoms with van der Waals surface area (Å²) in [5.74, 6) is -3.47. The molecule has 1 atom stereocenters. The maximum Gasteiger partial charge on any atom is 0.304 e. The summed E-state index contributed by atoms with van der Waals surface area (Å²) < 4.78 is 33.3. The molecule has 0 aliphatic heterocycles. The summed E-state index contributed by atoms with van der Waals surface area (Å²) in [4.78, 5) is 15.4. The summed E-state index contributed by atoms with van der Waals surface area (Å²) >= 11 is 0. The van der Waals surface area contributed by atoms with Gasteiger partial charge in [-0.25, -0.2) is 13.8 Å². The van der Waals surface area contributed by atoms with Crippen molar-refractivity contribution < 1.29 is 23.4 Å². The number of nitrogens with zero attached hydrogens (tertiary/aromatic N) is 6. The third-order valence-electron chi connectivity index (χ3n) is 3.62. The second kappa shape index (κ2) is 8.36. The van der Waals surface area contributed by atoms with Crippen molar-refractivity contribution in [2.75, 3.05) is 0 Å². The highest BCUT2D eigenvalue weighted by Gasteiger charge is 2.15. The number of carboxylic acid groups (broad SMARTS) is 1. The fourth-order valence-electron chi connectivity index (χ4n) is 2.32. The van der Waals surface area contributed by atoms with Crippen molar-refractivity contribution in [2.24, 2.45) is 5.73 Å². The van der Waals surface area contributed by atoms with E-state index in [-0.39, 0.29) is 35.7 Å². The van der Waals surface area contributed by atoms with Crippen LogP contribution in [0.5, 0.6) is 11.6 Å². The van der Waals surface area contributed by atoms with Gasteiger partial charge in [0.25, 0.3) is 5.88 Å². The van der Waals surface area contributed by atoms with E-state index in [0.29, 0.717) is 0 Å². The third kappa shape index (κ3) is 4.85. The molecular weight excluding hydrogens is 388 g/mol. The van der Waals surface area contributed by atoms with Crippen LogP contribution in [0, 0.1) is 23.0 Å². The number of ether oxygens (including phenoxy) is 1. The largest absolute Gasteiger partial charge is 0.481 e. The number of hydrogen-bond donors (Lipinski definition) is 2. The van der Waals surface area contributed by atoms with Crippen LogP contribution in [0.1, 0.15) is 12.0 Å². The highest BCUT2D eigenvalue weighted by molar-refractivity contribution is 5.67. The lowest BCUT2D eigenvalue weighted by atomic mass is 10.2. The number of aromatic nitrogens is 5. The minimum absolute atomic E-state index is 0.00269. The zero-order valence-electron chi connectivity index (χ0n) is 14.7. The Labute approximate surface area is 162 Å². The maximum absolute atomic E-state index is 14.4. The van der Waals surface area contributed by atoms with Gasteiger partial charge in [-0.1, -0.05) is 0 Å². The zero-order chi connectivity index (χ0) is 21.0. The van der Waals surface area contributed by atoms with E-state index in [9.17, 15) is 13.6 Å². The van der Waals surface area contributed by atoms with E-state index in [4.69, 9.17) is 20.8 Å². The molecule has 2 heterocycles. The summed E-state index contributed by atoms with van der Waals surface area (Å²) in [6.07, 6.45) is 0.833. The second-order valence-electron chi connectivity index (χ2n) is 5.90. The van der Waals surface area contributed by atoms with Crippen molar-refractivity contribution >= 4 is 5.97 Å². The normalized spacial score (nSPS) is 11.7. The molecule has 0 bridgehead atoms. The molecule has 3 N–H and O–H groups in total. The first kappa shape index (κ1) is 19.8. The van der Waals surface area contributed by atoms with Crippen LogP contribution in [0.25, 0.3) is 11.4 Å². The average Bonchev–Trinajstić information content (AvgIpc) is 3.12. The van der Waals surface area contributed by atoms with Crippen molar-refractivity contribution in [3.05, 3.63) is 47.7 Å². The molecule has 3 aromatic rings. The highest BCUT2D eigenvalue weighted by atomic mass is 19.1. The van der Waals surface area contributed by atoms with Gasteiger partial charge in [0.1, 0.15) is 6.07 Å². The molecule has 0 spiro atoms. The molecule has 2 aromatic heterocycles. The number of nitrogens with two attached hydrogens (primary N) is 1. The SMILES string of the molecule is N#Cc1cnc(Oc2ccc(-c3nnn(C[C@@H](N)CC(=O)O)n3)cc2F)c(F)c1. The number of carbonyl (C=O) groups is 1. The molecule has 29 heavy (non-hydrogen) atoms. The Hall–Kier alpha value is -3.98. The van der Waals surface area contributed by atoms with Crippen molar-refractivity contribution in [1.29, 1.82) is 5.26 Å². The average molecular weight is 401 g/mol. The number of halogens is 2. The van der Waals surface area contributed by atoms with E-state index in [0.717, 1.165) is 23.1 Å². The predicted molar refractivity (Wildman–Crippen MR) is 92.4 cm³/mol. The van der Waals surface area contributed by atoms with Gasteiger partial charge in [-0.15, -0.1) is 10.2 Å². The van der Waals surface area contributed by atoms with E-state index in [2.05, 4.69) is 20.4 Å². The second-order valence-corrected chi connectivity index (χ2v) is 5.90. The molecule has 0 saturated carbocycles. The Morgan fingerprint density at radius 1 is 1.34 bits per heavy atom. The van der Waals surface area contributed by atoms with E-state index in [1.807, 2.05) is 0 Å². The van der Waals surface area contributed by atoms with Crippen molar-refractivity contribution in [2.45, 2.75) is 19.0 Å². The lowest BCUT2D eigenvalue weighted by Crippen LogP contribution is -2.30. The number of rotatable bonds is 7. The fraction of sp³-hybridized carbons (Fsp3) is 0.176. The molecule has 3 rings (SSSR count). The van der Waals surface area contributed by atoms with Crippen LogP contribution in [-0.4, -0.2) is 42.3 Å². The molecule has 0 saturated heterocycles. The molecular formula is C17H13F2N7O3. The standard InChI is InChI=1S/C17H13F2N7O3/c18-12-4-10(16-23-25-26(24-16)8-11(21)5-15(27)28)1-2-14(12)29-17-13(19)3-9(6-20)7-22-17/h1-4,7,11H,5,8,21H2,(H,27,28)/t11-/m0/s1.